The Morgan fingerprint density at radius 1 is 1.17 bits per heavy atom. The fraction of sp³-hybridized carbons (Fsp3) is 0. The van der Waals surface area contributed by atoms with Gasteiger partial charge in [0, 0.05) is 16.5 Å². The third kappa shape index (κ3) is 1.30. The second kappa shape index (κ2) is 3.37. The van der Waals surface area contributed by atoms with Crippen molar-refractivity contribution in [1.82, 2.24) is 4.98 Å². The Hall–Kier alpha value is -0.670. The van der Waals surface area contributed by atoms with E-state index in [9.17, 15) is 0 Å². The fourth-order valence-electron chi connectivity index (χ4n) is 1.15. The minimum atomic E-state index is 1.02. The number of aromatic nitrogens is 1. The minimum absolute atomic E-state index is 1.02. The SMILES string of the molecule is SSc1cccc2ncccc12. The zero-order valence-electron chi connectivity index (χ0n) is 6.27. The van der Waals surface area contributed by atoms with E-state index in [-0.39, 0.29) is 0 Å². The summed E-state index contributed by atoms with van der Waals surface area (Å²) in [5, 5.41) is 1.17. The predicted octanol–water partition coefficient (Wildman–Crippen LogP) is 3.17. The number of fused-ring (bicyclic) bond motifs is 1. The standard InChI is InChI=1S/C9H7NS2/c11-12-9-5-1-4-8-7(9)3-2-6-10-8/h1-6,11H. The molecule has 1 aromatic heterocycles. The van der Waals surface area contributed by atoms with E-state index in [0.29, 0.717) is 0 Å². The van der Waals surface area contributed by atoms with Crippen molar-refractivity contribution in [2.75, 3.05) is 0 Å². The third-order valence-electron chi connectivity index (χ3n) is 1.70. The van der Waals surface area contributed by atoms with E-state index in [1.807, 2.05) is 24.3 Å². The summed E-state index contributed by atoms with van der Waals surface area (Å²) in [4.78, 5) is 5.40. The summed E-state index contributed by atoms with van der Waals surface area (Å²) in [5.74, 6) is 0. The molecule has 0 aliphatic heterocycles. The van der Waals surface area contributed by atoms with E-state index in [4.69, 9.17) is 0 Å². The van der Waals surface area contributed by atoms with Gasteiger partial charge in [-0.25, -0.2) is 0 Å². The van der Waals surface area contributed by atoms with Crippen LogP contribution < -0.4 is 0 Å². The maximum absolute atomic E-state index is 4.24. The Bertz CT molecular complexity index is 395. The molecular weight excluding hydrogens is 186 g/mol. The van der Waals surface area contributed by atoms with Crippen LogP contribution in [0, 0.1) is 0 Å². The number of nitrogens with zero attached hydrogens (tertiary/aromatic N) is 1. The quantitative estimate of drug-likeness (QED) is 0.552. The van der Waals surface area contributed by atoms with Gasteiger partial charge in [-0.3, -0.25) is 4.98 Å². The Labute approximate surface area is 80.0 Å². The molecule has 0 saturated carbocycles. The molecule has 0 radical (unpaired) electrons. The van der Waals surface area contributed by atoms with Crippen LogP contribution in [-0.4, -0.2) is 4.98 Å². The van der Waals surface area contributed by atoms with Gasteiger partial charge in [-0.1, -0.05) is 22.9 Å². The van der Waals surface area contributed by atoms with Gasteiger partial charge in [0.15, 0.2) is 0 Å². The van der Waals surface area contributed by atoms with Gasteiger partial charge in [-0.05, 0) is 18.2 Å². The lowest BCUT2D eigenvalue weighted by molar-refractivity contribution is 1.39. The van der Waals surface area contributed by atoms with Crippen molar-refractivity contribution in [2.45, 2.75) is 4.90 Å². The van der Waals surface area contributed by atoms with Crippen LogP contribution in [-0.2, 0) is 0 Å². The lowest BCUT2D eigenvalue weighted by Gasteiger charge is -2.00. The molecule has 0 unspecified atom stereocenters. The number of hydrogen-bond acceptors (Lipinski definition) is 3. The molecule has 0 spiro atoms. The van der Waals surface area contributed by atoms with Gasteiger partial charge in [0.05, 0.1) is 5.52 Å². The van der Waals surface area contributed by atoms with Crippen molar-refractivity contribution in [1.29, 1.82) is 0 Å². The van der Waals surface area contributed by atoms with E-state index in [0.717, 1.165) is 10.4 Å². The molecule has 60 valence electrons. The summed E-state index contributed by atoms with van der Waals surface area (Å²) >= 11 is 4.17. The first-order valence-corrected chi connectivity index (χ1v) is 5.44. The highest BCUT2D eigenvalue weighted by atomic mass is 33.1. The predicted molar refractivity (Wildman–Crippen MR) is 56.6 cm³/mol. The second-order valence-electron chi connectivity index (χ2n) is 2.42. The summed E-state index contributed by atoms with van der Waals surface area (Å²) in [6, 6.07) is 10.0. The number of hydrogen-bond donors (Lipinski definition) is 1. The van der Waals surface area contributed by atoms with Crippen LogP contribution >= 0.6 is 22.5 Å². The maximum atomic E-state index is 4.24. The highest BCUT2D eigenvalue weighted by molar-refractivity contribution is 8.68. The van der Waals surface area contributed by atoms with E-state index < -0.39 is 0 Å². The summed E-state index contributed by atoms with van der Waals surface area (Å²) in [6.07, 6.45) is 1.80. The molecular formula is C9H7NS2. The smallest absolute Gasteiger partial charge is 0.0713 e. The lowest BCUT2D eigenvalue weighted by Crippen LogP contribution is -1.77. The molecule has 0 atom stereocenters. The first-order valence-electron chi connectivity index (χ1n) is 3.57. The molecule has 2 rings (SSSR count). The highest BCUT2D eigenvalue weighted by Gasteiger charge is 1.98. The van der Waals surface area contributed by atoms with Crippen LogP contribution in [0.15, 0.2) is 41.4 Å². The molecule has 2 aromatic rings. The molecule has 12 heavy (non-hydrogen) atoms. The zero-order valence-corrected chi connectivity index (χ0v) is 7.98. The average Bonchev–Trinajstić information content (AvgIpc) is 2.17. The monoisotopic (exact) mass is 193 g/mol. The molecule has 3 heteroatoms. The Kier molecular flexibility index (Phi) is 2.23. The molecule has 0 aliphatic rings. The van der Waals surface area contributed by atoms with Crippen molar-refractivity contribution in [3.63, 3.8) is 0 Å². The first-order chi connectivity index (χ1) is 5.92. The van der Waals surface area contributed by atoms with Gasteiger partial charge in [0.1, 0.15) is 0 Å². The van der Waals surface area contributed by atoms with E-state index in [2.05, 4.69) is 22.7 Å². The van der Waals surface area contributed by atoms with Crippen LogP contribution in [0.25, 0.3) is 10.9 Å². The van der Waals surface area contributed by atoms with Crippen LogP contribution in [0.3, 0.4) is 0 Å². The number of rotatable bonds is 1. The minimum Gasteiger partial charge on any atom is -0.256 e. The molecule has 0 aliphatic carbocycles. The molecule has 1 heterocycles. The normalized spacial score (nSPS) is 10.4. The van der Waals surface area contributed by atoms with Crippen molar-refractivity contribution in [2.24, 2.45) is 0 Å². The summed E-state index contributed by atoms with van der Waals surface area (Å²) < 4.78 is 0. The first kappa shape index (κ1) is 7.95. The number of benzene rings is 1. The summed E-state index contributed by atoms with van der Waals surface area (Å²) in [7, 11) is 1.45. The molecule has 0 bridgehead atoms. The third-order valence-corrected chi connectivity index (χ3v) is 2.85. The van der Waals surface area contributed by atoms with Crippen molar-refractivity contribution < 1.29 is 0 Å². The van der Waals surface area contributed by atoms with Gasteiger partial charge in [0.25, 0.3) is 0 Å². The lowest BCUT2D eigenvalue weighted by atomic mass is 10.2. The molecule has 1 aromatic carbocycles. The number of pyridine rings is 1. The summed E-state index contributed by atoms with van der Waals surface area (Å²) in [6.45, 7) is 0. The van der Waals surface area contributed by atoms with Crippen LogP contribution in [0.5, 0.6) is 0 Å². The van der Waals surface area contributed by atoms with Gasteiger partial charge in [-0.15, -0.1) is 11.7 Å². The van der Waals surface area contributed by atoms with Crippen molar-refractivity contribution in [3.05, 3.63) is 36.5 Å². The topological polar surface area (TPSA) is 12.9 Å². The molecule has 0 N–H and O–H groups in total. The Balaban J connectivity index is 2.79. The van der Waals surface area contributed by atoms with Gasteiger partial charge in [0.2, 0.25) is 0 Å². The van der Waals surface area contributed by atoms with Gasteiger partial charge >= 0.3 is 0 Å². The fourth-order valence-corrected chi connectivity index (χ4v) is 2.04. The Morgan fingerprint density at radius 3 is 2.92 bits per heavy atom. The van der Waals surface area contributed by atoms with Gasteiger partial charge < -0.3 is 0 Å². The molecule has 0 fully saturated rings. The maximum Gasteiger partial charge on any atom is 0.0713 e. The van der Waals surface area contributed by atoms with E-state index in [1.165, 1.54) is 16.2 Å². The van der Waals surface area contributed by atoms with Crippen molar-refractivity contribution >= 4 is 33.4 Å². The Morgan fingerprint density at radius 2 is 2.08 bits per heavy atom. The molecule has 1 nitrogen and oxygen atoms in total. The summed E-state index contributed by atoms with van der Waals surface area (Å²) in [5.41, 5.74) is 1.02. The van der Waals surface area contributed by atoms with E-state index >= 15 is 0 Å². The number of thiol groups is 1. The second-order valence-corrected chi connectivity index (χ2v) is 3.59. The van der Waals surface area contributed by atoms with E-state index in [1.54, 1.807) is 6.20 Å². The highest BCUT2D eigenvalue weighted by Crippen LogP contribution is 2.28. The van der Waals surface area contributed by atoms with Crippen molar-refractivity contribution in [3.8, 4) is 0 Å². The van der Waals surface area contributed by atoms with Crippen LogP contribution in [0.2, 0.25) is 0 Å². The molecule has 0 amide bonds. The van der Waals surface area contributed by atoms with Crippen LogP contribution in [0.4, 0.5) is 0 Å². The van der Waals surface area contributed by atoms with Crippen LogP contribution in [0.1, 0.15) is 0 Å². The molecule has 0 saturated heterocycles. The largest absolute Gasteiger partial charge is 0.256 e. The zero-order chi connectivity index (χ0) is 8.39. The van der Waals surface area contributed by atoms with Gasteiger partial charge in [-0.2, -0.15) is 0 Å². The average molecular weight is 193 g/mol.